The van der Waals surface area contributed by atoms with Crippen molar-refractivity contribution in [2.45, 2.75) is 31.7 Å². The number of rotatable bonds is 5. The first-order valence-corrected chi connectivity index (χ1v) is 7.85. The number of halogens is 1. The topological polar surface area (TPSA) is 74.0 Å². The average molecular weight is 359 g/mol. The summed E-state index contributed by atoms with van der Waals surface area (Å²) in [6.45, 7) is 0. The lowest BCUT2D eigenvalue weighted by atomic mass is 9.85. The van der Waals surface area contributed by atoms with Crippen LogP contribution in [-0.4, -0.2) is 40.3 Å². The number of benzene rings is 1. The molecule has 2 atom stereocenters. The SMILES string of the molecule is COc1cc(N(C)C(=O)C2CCCC(N)C2)cc(OC)c1OC.Cl. The van der Waals surface area contributed by atoms with Crippen LogP contribution in [0.4, 0.5) is 5.69 Å². The van der Waals surface area contributed by atoms with Gasteiger partial charge in [0.1, 0.15) is 0 Å². The molecule has 0 heterocycles. The number of carbonyl (C=O) groups is 1. The van der Waals surface area contributed by atoms with Crippen LogP contribution in [-0.2, 0) is 4.79 Å². The van der Waals surface area contributed by atoms with Crippen LogP contribution >= 0.6 is 12.4 Å². The van der Waals surface area contributed by atoms with Crippen molar-refractivity contribution in [2.75, 3.05) is 33.3 Å². The van der Waals surface area contributed by atoms with Gasteiger partial charge in [0, 0.05) is 31.1 Å². The van der Waals surface area contributed by atoms with Crippen LogP contribution in [0.5, 0.6) is 17.2 Å². The Kier molecular flexibility index (Phi) is 7.63. The second kappa shape index (κ2) is 8.99. The molecule has 7 heteroatoms. The highest BCUT2D eigenvalue weighted by molar-refractivity contribution is 5.95. The Bertz CT molecular complexity index is 543. The van der Waals surface area contributed by atoms with Gasteiger partial charge in [0.15, 0.2) is 11.5 Å². The minimum atomic E-state index is -0.0251. The number of hydrogen-bond acceptors (Lipinski definition) is 5. The fourth-order valence-corrected chi connectivity index (χ4v) is 3.11. The van der Waals surface area contributed by atoms with Crippen LogP contribution in [0.25, 0.3) is 0 Å². The van der Waals surface area contributed by atoms with Gasteiger partial charge in [-0.1, -0.05) is 6.42 Å². The molecule has 1 aromatic rings. The lowest BCUT2D eigenvalue weighted by Crippen LogP contribution is -2.38. The largest absolute Gasteiger partial charge is 0.493 e. The van der Waals surface area contributed by atoms with Gasteiger partial charge in [0.2, 0.25) is 11.7 Å². The zero-order valence-electron chi connectivity index (χ0n) is 14.7. The van der Waals surface area contributed by atoms with Crippen molar-refractivity contribution in [3.8, 4) is 17.2 Å². The zero-order valence-corrected chi connectivity index (χ0v) is 15.5. The van der Waals surface area contributed by atoms with E-state index in [1.165, 1.54) is 0 Å². The number of nitrogens with zero attached hydrogens (tertiary/aromatic N) is 1. The van der Waals surface area contributed by atoms with E-state index in [1.54, 1.807) is 45.4 Å². The molecule has 0 aromatic heterocycles. The van der Waals surface area contributed by atoms with Crippen molar-refractivity contribution < 1.29 is 19.0 Å². The molecule has 2 unspecified atom stereocenters. The Morgan fingerprint density at radius 2 is 1.71 bits per heavy atom. The zero-order chi connectivity index (χ0) is 17.0. The molecule has 1 aromatic carbocycles. The predicted molar refractivity (Wildman–Crippen MR) is 96.7 cm³/mol. The molecule has 1 fully saturated rings. The van der Waals surface area contributed by atoms with Gasteiger partial charge in [-0.3, -0.25) is 4.79 Å². The van der Waals surface area contributed by atoms with E-state index in [1.807, 2.05) is 0 Å². The second-order valence-electron chi connectivity index (χ2n) is 5.90. The van der Waals surface area contributed by atoms with Crippen LogP contribution in [0.2, 0.25) is 0 Å². The van der Waals surface area contributed by atoms with E-state index in [0.717, 1.165) is 25.7 Å². The molecule has 1 saturated carbocycles. The summed E-state index contributed by atoms with van der Waals surface area (Å²) in [6, 6.07) is 3.68. The van der Waals surface area contributed by atoms with Crippen molar-refractivity contribution in [1.29, 1.82) is 0 Å². The van der Waals surface area contributed by atoms with E-state index in [-0.39, 0.29) is 30.3 Å². The van der Waals surface area contributed by atoms with E-state index in [9.17, 15) is 4.79 Å². The van der Waals surface area contributed by atoms with Crippen LogP contribution in [0.1, 0.15) is 25.7 Å². The predicted octanol–water partition coefficient (Wildman–Crippen LogP) is 2.61. The van der Waals surface area contributed by atoms with Gasteiger partial charge in [0.25, 0.3) is 0 Å². The molecule has 1 amide bonds. The van der Waals surface area contributed by atoms with Gasteiger partial charge in [-0.2, -0.15) is 0 Å². The first-order chi connectivity index (χ1) is 11.0. The fraction of sp³-hybridized carbons (Fsp3) is 0.588. The van der Waals surface area contributed by atoms with Crippen LogP contribution in [0.3, 0.4) is 0 Å². The van der Waals surface area contributed by atoms with Crippen molar-refractivity contribution >= 4 is 24.0 Å². The quantitative estimate of drug-likeness (QED) is 0.875. The number of hydrogen-bond donors (Lipinski definition) is 1. The lowest BCUT2D eigenvalue weighted by molar-refractivity contribution is -0.123. The maximum atomic E-state index is 12.8. The molecule has 1 aliphatic carbocycles. The van der Waals surface area contributed by atoms with Crippen LogP contribution in [0.15, 0.2) is 12.1 Å². The molecule has 0 aliphatic heterocycles. The Labute approximate surface area is 149 Å². The minimum Gasteiger partial charge on any atom is -0.493 e. The lowest BCUT2D eigenvalue weighted by Gasteiger charge is -2.30. The molecule has 0 spiro atoms. The summed E-state index contributed by atoms with van der Waals surface area (Å²) in [5, 5.41) is 0. The molecule has 136 valence electrons. The first kappa shape index (κ1) is 20.4. The van der Waals surface area contributed by atoms with Crippen molar-refractivity contribution in [3.05, 3.63) is 12.1 Å². The Hall–Kier alpha value is -1.66. The van der Waals surface area contributed by atoms with E-state index >= 15 is 0 Å². The normalized spacial score (nSPS) is 19.9. The molecule has 0 bridgehead atoms. The molecule has 2 N–H and O–H groups in total. The molecular weight excluding hydrogens is 332 g/mol. The highest BCUT2D eigenvalue weighted by atomic mass is 35.5. The molecule has 6 nitrogen and oxygen atoms in total. The van der Waals surface area contributed by atoms with Crippen LogP contribution in [0, 0.1) is 5.92 Å². The fourth-order valence-electron chi connectivity index (χ4n) is 3.11. The van der Waals surface area contributed by atoms with E-state index in [0.29, 0.717) is 22.9 Å². The smallest absolute Gasteiger partial charge is 0.229 e. The Morgan fingerprint density at radius 3 is 2.17 bits per heavy atom. The van der Waals surface area contributed by atoms with Crippen molar-refractivity contribution in [3.63, 3.8) is 0 Å². The number of methoxy groups -OCH3 is 3. The van der Waals surface area contributed by atoms with E-state index in [4.69, 9.17) is 19.9 Å². The standard InChI is InChI=1S/C17H26N2O4.ClH/c1-19(17(20)11-6-5-7-12(18)8-11)13-9-14(21-2)16(23-4)15(10-13)22-3;/h9-12H,5-8,18H2,1-4H3;1H. The monoisotopic (exact) mass is 358 g/mol. The van der Waals surface area contributed by atoms with Crippen LogP contribution < -0.4 is 24.8 Å². The number of amides is 1. The van der Waals surface area contributed by atoms with Crippen molar-refractivity contribution in [1.82, 2.24) is 0 Å². The Balaban J connectivity index is 0.00000288. The van der Waals surface area contributed by atoms with Gasteiger partial charge in [-0.25, -0.2) is 0 Å². The highest BCUT2D eigenvalue weighted by Crippen LogP contribution is 2.41. The second-order valence-corrected chi connectivity index (χ2v) is 5.90. The highest BCUT2D eigenvalue weighted by Gasteiger charge is 2.29. The van der Waals surface area contributed by atoms with Gasteiger partial charge in [-0.15, -0.1) is 12.4 Å². The van der Waals surface area contributed by atoms with Gasteiger partial charge in [0.05, 0.1) is 27.0 Å². The maximum absolute atomic E-state index is 12.8. The molecule has 0 radical (unpaired) electrons. The average Bonchev–Trinajstić information content (AvgIpc) is 2.58. The number of anilines is 1. The Morgan fingerprint density at radius 1 is 1.12 bits per heavy atom. The third kappa shape index (κ3) is 4.24. The summed E-state index contributed by atoms with van der Waals surface area (Å²) < 4.78 is 16.0. The number of nitrogens with two attached hydrogens (primary N) is 1. The van der Waals surface area contributed by atoms with E-state index in [2.05, 4.69) is 0 Å². The van der Waals surface area contributed by atoms with Gasteiger partial charge >= 0.3 is 0 Å². The third-order valence-electron chi connectivity index (χ3n) is 4.43. The van der Waals surface area contributed by atoms with Crippen molar-refractivity contribution in [2.24, 2.45) is 11.7 Å². The van der Waals surface area contributed by atoms with Gasteiger partial charge in [-0.05, 0) is 19.3 Å². The summed E-state index contributed by atoms with van der Waals surface area (Å²) in [6.07, 6.45) is 3.63. The molecule has 1 aliphatic rings. The molecule has 0 saturated heterocycles. The summed E-state index contributed by atoms with van der Waals surface area (Å²) in [4.78, 5) is 14.4. The molecule has 24 heavy (non-hydrogen) atoms. The summed E-state index contributed by atoms with van der Waals surface area (Å²) in [5.74, 6) is 1.63. The molecular formula is C17H27ClN2O4. The summed E-state index contributed by atoms with van der Waals surface area (Å²) in [5.41, 5.74) is 6.72. The number of carbonyl (C=O) groups excluding carboxylic acids is 1. The minimum absolute atomic E-state index is 0. The van der Waals surface area contributed by atoms with E-state index < -0.39 is 0 Å². The molecule has 2 rings (SSSR count). The number of ether oxygens (including phenoxy) is 3. The maximum Gasteiger partial charge on any atom is 0.229 e. The first-order valence-electron chi connectivity index (χ1n) is 7.85. The third-order valence-corrected chi connectivity index (χ3v) is 4.43. The summed E-state index contributed by atoms with van der Waals surface area (Å²) in [7, 11) is 6.44. The van der Waals surface area contributed by atoms with Gasteiger partial charge < -0.3 is 24.8 Å². The summed E-state index contributed by atoms with van der Waals surface area (Å²) >= 11 is 0.